The SMILES string of the molecule is CCOc1cccc([C@@H]2Nc3ccc(F)cc3[C@H]3OCCC[C@H]32)c1OC. The van der Waals surface area contributed by atoms with E-state index in [0.717, 1.165) is 41.2 Å². The zero-order valence-corrected chi connectivity index (χ0v) is 15.1. The van der Waals surface area contributed by atoms with E-state index >= 15 is 0 Å². The normalized spacial score (nSPS) is 24.2. The van der Waals surface area contributed by atoms with Crippen LogP contribution in [0.2, 0.25) is 0 Å². The van der Waals surface area contributed by atoms with Gasteiger partial charge in [0, 0.05) is 29.3 Å². The molecule has 1 N–H and O–H groups in total. The molecule has 4 rings (SSSR count). The smallest absolute Gasteiger partial charge is 0.165 e. The molecule has 0 aliphatic carbocycles. The number of nitrogens with one attached hydrogen (secondary N) is 1. The summed E-state index contributed by atoms with van der Waals surface area (Å²) < 4.78 is 31.3. The van der Waals surface area contributed by atoms with Crippen molar-refractivity contribution < 1.29 is 18.6 Å². The summed E-state index contributed by atoms with van der Waals surface area (Å²) in [7, 11) is 1.67. The predicted octanol–water partition coefficient (Wildman–Crippen LogP) is 4.87. The van der Waals surface area contributed by atoms with Crippen molar-refractivity contribution in [3.8, 4) is 11.5 Å². The van der Waals surface area contributed by atoms with Gasteiger partial charge in [0.2, 0.25) is 0 Å². The largest absolute Gasteiger partial charge is 0.492 e. The van der Waals surface area contributed by atoms with Crippen LogP contribution in [-0.4, -0.2) is 20.3 Å². The summed E-state index contributed by atoms with van der Waals surface area (Å²) in [6, 6.07) is 10.9. The molecule has 2 aliphatic heterocycles. The number of hydrogen-bond donors (Lipinski definition) is 1. The molecule has 0 unspecified atom stereocenters. The van der Waals surface area contributed by atoms with Crippen LogP contribution in [0, 0.1) is 11.7 Å². The average Bonchev–Trinajstić information content (AvgIpc) is 2.67. The van der Waals surface area contributed by atoms with Crippen molar-refractivity contribution >= 4 is 5.69 Å². The van der Waals surface area contributed by atoms with E-state index in [2.05, 4.69) is 11.4 Å². The first-order chi connectivity index (χ1) is 12.7. The van der Waals surface area contributed by atoms with Gasteiger partial charge in [0.15, 0.2) is 11.5 Å². The third kappa shape index (κ3) is 2.90. The molecule has 4 nitrogen and oxygen atoms in total. The van der Waals surface area contributed by atoms with Crippen molar-refractivity contribution in [1.82, 2.24) is 0 Å². The quantitative estimate of drug-likeness (QED) is 0.848. The number of fused-ring (bicyclic) bond motifs is 3. The molecule has 0 radical (unpaired) electrons. The van der Waals surface area contributed by atoms with Crippen molar-refractivity contribution in [2.75, 3.05) is 25.6 Å². The van der Waals surface area contributed by atoms with E-state index in [4.69, 9.17) is 14.2 Å². The maximum Gasteiger partial charge on any atom is 0.165 e. The van der Waals surface area contributed by atoms with E-state index in [9.17, 15) is 4.39 Å². The van der Waals surface area contributed by atoms with Crippen LogP contribution < -0.4 is 14.8 Å². The van der Waals surface area contributed by atoms with Crippen LogP contribution in [0.3, 0.4) is 0 Å². The van der Waals surface area contributed by atoms with E-state index in [0.29, 0.717) is 13.2 Å². The molecule has 0 bridgehead atoms. The Morgan fingerprint density at radius 2 is 2.12 bits per heavy atom. The first kappa shape index (κ1) is 17.2. The predicted molar refractivity (Wildman–Crippen MR) is 98.3 cm³/mol. The lowest BCUT2D eigenvalue weighted by Crippen LogP contribution is -2.36. The highest BCUT2D eigenvalue weighted by Crippen LogP contribution is 2.51. The second kappa shape index (κ2) is 7.16. The minimum Gasteiger partial charge on any atom is -0.492 e. The number of methoxy groups -OCH3 is 1. The van der Waals surface area contributed by atoms with Crippen molar-refractivity contribution in [2.45, 2.75) is 31.9 Å². The topological polar surface area (TPSA) is 39.7 Å². The number of ether oxygens (including phenoxy) is 3. The van der Waals surface area contributed by atoms with E-state index in [1.165, 1.54) is 6.07 Å². The fourth-order valence-corrected chi connectivity index (χ4v) is 4.21. The van der Waals surface area contributed by atoms with Gasteiger partial charge < -0.3 is 19.5 Å². The molecule has 0 aromatic heterocycles. The fraction of sp³-hybridized carbons (Fsp3) is 0.429. The van der Waals surface area contributed by atoms with E-state index < -0.39 is 0 Å². The Bertz CT molecular complexity index is 795. The van der Waals surface area contributed by atoms with Crippen LogP contribution in [0.1, 0.15) is 43.0 Å². The molecule has 5 heteroatoms. The Kier molecular flexibility index (Phi) is 4.72. The molecule has 3 atom stereocenters. The maximum atomic E-state index is 13.8. The van der Waals surface area contributed by atoms with E-state index in [-0.39, 0.29) is 23.9 Å². The highest BCUT2D eigenvalue weighted by Gasteiger charge is 2.41. The van der Waals surface area contributed by atoms with Gasteiger partial charge in [0.1, 0.15) is 5.82 Å². The van der Waals surface area contributed by atoms with Gasteiger partial charge in [0.25, 0.3) is 0 Å². The summed E-state index contributed by atoms with van der Waals surface area (Å²) in [5.74, 6) is 1.48. The summed E-state index contributed by atoms with van der Waals surface area (Å²) in [6.07, 6.45) is 1.90. The van der Waals surface area contributed by atoms with Crippen LogP contribution in [0.15, 0.2) is 36.4 Å². The summed E-state index contributed by atoms with van der Waals surface area (Å²) in [6.45, 7) is 3.25. The van der Waals surface area contributed by atoms with Crippen molar-refractivity contribution in [3.05, 3.63) is 53.3 Å². The molecule has 0 amide bonds. The van der Waals surface area contributed by atoms with Crippen LogP contribution >= 0.6 is 0 Å². The number of hydrogen-bond acceptors (Lipinski definition) is 4. The number of para-hydroxylation sites is 1. The van der Waals surface area contributed by atoms with E-state index in [1.807, 2.05) is 19.1 Å². The first-order valence-corrected chi connectivity index (χ1v) is 9.20. The molecule has 2 aromatic rings. The monoisotopic (exact) mass is 357 g/mol. The van der Waals surface area contributed by atoms with Crippen LogP contribution in [-0.2, 0) is 4.74 Å². The Balaban J connectivity index is 1.79. The highest BCUT2D eigenvalue weighted by atomic mass is 19.1. The van der Waals surface area contributed by atoms with Gasteiger partial charge in [-0.1, -0.05) is 12.1 Å². The number of rotatable bonds is 4. The van der Waals surface area contributed by atoms with E-state index in [1.54, 1.807) is 19.2 Å². The van der Waals surface area contributed by atoms with Crippen LogP contribution in [0.4, 0.5) is 10.1 Å². The Morgan fingerprint density at radius 3 is 2.92 bits per heavy atom. The molecular weight excluding hydrogens is 333 g/mol. The van der Waals surface area contributed by atoms with Gasteiger partial charge in [-0.2, -0.15) is 0 Å². The molecular formula is C21H24FNO3. The number of anilines is 1. The lowest BCUT2D eigenvalue weighted by Gasteiger charge is -2.43. The van der Waals surface area contributed by atoms with Crippen molar-refractivity contribution in [1.29, 1.82) is 0 Å². The van der Waals surface area contributed by atoms with Gasteiger partial charge in [-0.3, -0.25) is 0 Å². The Labute approximate surface area is 153 Å². The minimum absolute atomic E-state index is 0.0219. The third-order valence-corrected chi connectivity index (χ3v) is 5.28. The molecule has 2 aliphatic rings. The lowest BCUT2D eigenvalue weighted by molar-refractivity contribution is -0.0384. The highest BCUT2D eigenvalue weighted by molar-refractivity contribution is 5.59. The molecule has 1 saturated heterocycles. The second-order valence-electron chi connectivity index (χ2n) is 6.76. The van der Waals surface area contributed by atoms with Gasteiger partial charge >= 0.3 is 0 Å². The van der Waals surface area contributed by atoms with Crippen LogP contribution in [0.5, 0.6) is 11.5 Å². The van der Waals surface area contributed by atoms with Crippen molar-refractivity contribution in [3.63, 3.8) is 0 Å². The minimum atomic E-state index is -0.229. The molecule has 1 fully saturated rings. The zero-order chi connectivity index (χ0) is 18.1. The standard InChI is InChI=1S/C21H24FNO3/c1-3-25-18-8-4-6-15(21(18)24-2)19-14-7-5-11-26-20(14)16-12-13(22)9-10-17(16)23-19/h4,6,8-10,12,14,19-20,23H,3,5,7,11H2,1-2H3/t14-,19+,20-/m0/s1. The van der Waals surface area contributed by atoms with Gasteiger partial charge in [-0.15, -0.1) is 0 Å². The zero-order valence-electron chi connectivity index (χ0n) is 15.1. The maximum absolute atomic E-state index is 13.8. The van der Waals surface area contributed by atoms with Crippen molar-refractivity contribution in [2.24, 2.45) is 5.92 Å². The molecule has 0 spiro atoms. The van der Waals surface area contributed by atoms with Crippen LogP contribution in [0.25, 0.3) is 0 Å². The summed E-state index contributed by atoms with van der Waals surface area (Å²) in [4.78, 5) is 0. The number of benzene rings is 2. The third-order valence-electron chi connectivity index (χ3n) is 5.28. The molecule has 0 saturated carbocycles. The second-order valence-corrected chi connectivity index (χ2v) is 6.76. The average molecular weight is 357 g/mol. The van der Waals surface area contributed by atoms with Gasteiger partial charge in [0.05, 0.1) is 25.9 Å². The summed E-state index contributed by atoms with van der Waals surface area (Å²) >= 11 is 0. The van der Waals surface area contributed by atoms with Gasteiger partial charge in [-0.25, -0.2) is 4.39 Å². The van der Waals surface area contributed by atoms with Gasteiger partial charge in [-0.05, 0) is 44.0 Å². The summed E-state index contributed by atoms with van der Waals surface area (Å²) in [5, 5.41) is 3.60. The number of halogens is 1. The molecule has 2 aromatic carbocycles. The Morgan fingerprint density at radius 1 is 1.23 bits per heavy atom. The first-order valence-electron chi connectivity index (χ1n) is 9.20. The fourth-order valence-electron chi connectivity index (χ4n) is 4.21. The lowest BCUT2D eigenvalue weighted by atomic mass is 9.77. The summed E-state index contributed by atoms with van der Waals surface area (Å²) in [5.41, 5.74) is 2.88. The Hall–Kier alpha value is -2.27. The molecule has 138 valence electrons. The molecule has 26 heavy (non-hydrogen) atoms. The molecule has 2 heterocycles.